The molecule has 3 aromatic rings. The van der Waals surface area contributed by atoms with Gasteiger partial charge in [0, 0.05) is 41.2 Å². The highest BCUT2D eigenvalue weighted by Gasteiger charge is 2.27. The lowest BCUT2D eigenvalue weighted by Crippen LogP contribution is -2.21. The Labute approximate surface area is 200 Å². The molecular weight excluding hydrogens is 428 g/mol. The van der Waals surface area contributed by atoms with Gasteiger partial charge in [-0.1, -0.05) is 25.1 Å². The van der Waals surface area contributed by atoms with Gasteiger partial charge in [-0.15, -0.1) is 0 Å². The number of carbonyl (C=O) groups excluding carboxylic acids is 2. The third-order valence-electron chi connectivity index (χ3n) is 7.33. The Kier molecular flexibility index (Phi) is 6.26. The van der Waals surface area contributed by atoms with Crippen molar-refractivity contribution in [2.45, 2.75) is 65.5 Å². The minimum absolute atomic E-state index is 0.180. The number of hydrogen-bond acceptors (Lipinski definition) is 5. The first-order valence-corrected chi connectivity index (χ1v) is 12.3. The predicted octanol–water partition coefficient (Wildman–Crippen LogP) is 5.00. The molecule has 2 atom stereocenters. The monoisotopic (exact) mass is 460 g/mol. The maximum atomic E-state index is 13.3. The zero-order chi connectivity index (χ0) is 23.8. The van der Waals surface area contributed by atoms with E-state index in [-0.39, 0.29) is 18.5 Å². The van der Waals surface area contributed by atoms with Gasteiger partial charge in [0.05, 0.1) is 17.2 Å². The van der Waals surface area contributed by atoms with E-state index in [4.69, 9.17) is 14.5 Å². The second kappa shape index (κ2) is 9.34. The first kappa shape index (κ1) is 22.8. The van der Waals surface area contributed by atoms with Crippen LogP contribution < -0.4 is 0 Å². The molecule has 1 aromatic carbocycles. The first-order valence-electron chi connectivity index (χ1n) is 12.3. The fourth-order valence-corrected chi connectivity index (χ4v) is 5.43. The van der Waals surface area contributed by atoms with E-state index in [2.05, 4.69) is 11.5 Å². The third-order valence-corrected chi connectivity index (χ3v) is 7.33. The number of pyridine rings is 1. The molecule has 0 saturated carbocycles. The highest BCUT2D eigenvalue weighted by Crippen LogP contribution is 2.32. The summed E-state index contributed by atoms with van der Waals surface area (Å²) in [5.74, 6) is -0.135. The maximum Gasteiger partial charge on any atom is 0.339 e. The number of ketones is 1. The molecule has 2 aromatic heterocycles. The van der Waals surface area contributed by atoms with Crippen molar-refractivity contribution < 1.29 is 19.1 Å². The molecule has 5 rings (SSSR count). The van der Waals surface area contributed by atoms with E-state index in [1.807, 2.05) is 44.2 Å². The SMILES string of the molecule is Cc1cc(C(=O)COC(=O)c2c3c(nc4ccccc24)CCC(C)C3)c(C)n1CC1CCCO1. The lowest BCUT2D eigenvalue weighted by molar-refractivity contribution is 0.0474. The van der Waals surface area contributed by atoms with Crippen LogP contribution in [0.2, 0.25) is 0 Å². The molecule has 0 N–H and O–H groups in total. The number of esters is 1. The minimum Gasteiger partial charge on any atom is -0.454 e. The zero-order valence-corrected chi connectivity index (χ0v) is 20.2. The molecule has 2 unspecified atom stereocenters. The Balaban J connectivity index is 1.37. The van der Waals surface area contributed by atoms with Crippen molar-refractivity contribution >= 4 is 22.7 Å². The Bertz CT molecular complexity index is 1250. The van der Waals surface area contributed by atoms with Crippen LogP contribution in [0.1, 0.15) is 69.5 Å². The van der Waals surface area contributed by atoms with E-state index < -0.39 is 5.97 Å². The number of carbonyl (C=O) groups is 2. The molecule has 3 heterocycles. The molecule has 6 nitrogen and oxygen atoms in total. The summed E-state index contributed by atoms with van der Waals surface area (Å²) in [4.78, 5) is 31.2. The standard InChI is InChI=1S/C28H32N2O4/c1-17-10-11-25-23(13-17)27(21-8-4-5-9-24(21)29-25)28(32)34-16-26(31)22-14-18(2)30(19(22)3)15-20-7-6-12-33-20/h4-5,8-9,14,17,20H,6-7,10-13,15-16H2,1-3H3. The van der Waals surface area contributed by atoms with E-state index in [0.29, 0.717) is 17.0 Å². The lowest BCUT2D eigenvalue weighted by Gasteiger charge is -2.24. The number of fused-ring (bicyclic) bond motifs is 2. The van der Waals surface area contributed by atoms with Gasteiger partial charge in [-0.25, -0.2) is 4.79 Å². The molecule has 1 saturated heterocycles. The van der Waals surface area contributed by atoms with Gasteiger partial charge in [0.1, 0.15) is 0 Å². The Morgan fingerprint density at radius 1 is 1.21 bits per heavy atom. The summed E-state index contributed by atoms with van der Waals surface area (Å²) in [6.07, 6.45) is 5.04. The molecule has 1 fully saturated rings. The average molecular weight is 461 g/mol. The molecule has 1 aliphatic heterocycles. The van der Waals surface area contributed by atoms with Crippen molar-refractivity contribution in [2.24, 2.45) is 5.92 Å². The lowest BCUT2D eigenvalue weighted by atomic mass is 9.84. The minimum atomic E-state index is -0.439. The molecule has 34 heavy (non-hydrogen) atoms. The summed E-state index contributed by atoms with van der Waals surface area (Å²) < 4.78 is 13.6. The number of aryl methyl sites for hydroxylation is 2. The van der Waals surface area contributed by atoms with E-state index in [0.717, 1.165) is 78.8 Å². The van der Waals surface area contributed by atoms with Gasteiger partial charge in [0.15, 0.2) is 6.61 Å². The molecule has 0 amide bonds. The number of aromatic nitrogens is 2. The van der Waals surface area contributed by atoms with Crippen LogP contribution >= 0.6 is 0 Å². The van der Waals surface area contributed by atoms with Crippen molar-refractivity contribution in [3.05, 3.63) is 64.1 Å². The largest absolute Gasteiger partial charge is 0.454 e. The number of ether oxygens (including phenoxy) is 2. The Morgan fingerprint density at radius 2 is 2.03 bits per heavy atom. The van der Waals surface area contributed by atoms with E-state index in [1.165, 1.54) is 0 Å². The van der Waals surface area contributed by atoms with Gasteiger partial charge in [0.2, 0.25) is 5.78 Å². The van der Waals surface area contributed by atoms with Crippen molar-refractivity contribution in [1.82, 2.24) is 9.55 Å². The zero-order valence-electron chi connectivity index (χ0n) is 20.2. The summed E-state index contributed by atoms with van der Waals surface area (Å²) in [6, 6.07) is 9.58. The molecule has 1 aliphatic carbocycles. The highest BCUT2D eigenvalue weighted by molar-refractivity contribution is 6.06. The van der Waals surface area contributed by atoms with Crippen LogP contribution in [0.15, 0.2) is 30.3 Å². The molecule has 0 spiro atoms. The molecular formula is C28H32N2O4. The van der Waals surface area contributed by atoms with Crippen LogP contribution in [0.4, 0.5) is 0 Å². The van der Waals surface area contributed by atoms with Gasteiger partial charge in [-0.3, -0.25) is 9.78 Å². The van der Waals surface area contributed by atoms with Crippen LogP contribution in [0.25, 0.3) is 10.9 Å². The van der Waals surface area contributed by atoms with E-state index >= 15 is 0 Å². The molecule has 2 aliphatic rings. The number of Topliss-reactive ketones (excluding diaryl/α,β-unsaturated/α-hetero) is 1. The number of benzene rings is 1. The van der Waals surface area contributed by atoms with Crippen LogP contribution in [0.3, 0.4) is 0 Å². The van der Waals surface area contributed by atoms with Gasteiger partial charge >= 0.3 is 5.97 Å². The normalized spacial score (nSPS) is 19.9. The number of nitrogens with zero attached hydrogens (tertiary/aromatic N) is 2. The quantitative estimate of drug-likeness (QED) is 0.383. The van der Waals surface area contributed by atoms with Crippen LogP contribution in [-0.4, -0.2) is 40.6 Å². The maximum absolute atomic E-state index is 13.3. The first-order chi connectivity index (χ1) is 16.4. The summed E-state index contributed by atoms with van der Waals surface area (Å²) in [6.45, 7) is 7.43. The Morgan fingerprint density at radius 3 is 2.82 bits per heavy atom. The van der Waals surface area contributed by atoms with Crippen molar-refractivity contribution in [1.29, 1.82) is 0 Å². The van der Waals surface area contributed by atoms with Gasteiger partial charge in [-0.05, 0) is 69.6 Å². The number of hydrogen-bond donors (Lipinski definition) is 0. The predicted molar refractivity (Wildman–Crippen MR) is 130 cm³/mol. The molecule has 6 heteroatoms. The van der Waals surface area contributed by atoms with Gasteiger partial charge < -0.3 is 14.0 Å². The second-order valence-electron chi connectivity index (χ2n) is 9.81. The summed E-state index contributed by atoms with van der Waals surface area (Å²) >= 11 is 0. The topological polar surface area (TPSA) is 70.4 Å². The average Bonchev–Trinajstić information content (AvgIpc) is 3.44. The van der Waals surface area contributed by atoms with Crippen LogP contribution in [0.5, 0.6) is 0 Å². The van der Waals surface area contributed by atoms with Crippen LogP contribution in [0, 0.1) is 19.8 Å². The van der Waals surface area contributed by atoms with Crippen molar-refractivity contribution in [2.75, 3.05) is 13.2 Å². The summed E-state index contributed by atoms with van der Waals surface area (Å²) in [5.41, 5.74) is 5.85. The van der Waals surface area contributed by atoms with Gasteiger partial charge in [0.25, 0.3) is 0 Å². The molecule has 0 bridgehead atoms. The summed E-state index contributed by atoms with van der Waals surface area (Å²) in [5, 5.41) is 0.794. The second-order valence-corrected chi connectivity index (χ2v) is 9.81. The smallest absolute Gasteiger partial charge is 0.339 e. The number of rotatable bonds is 6. The summed E-state index contributed by atoms with van der Waals surface area (Å²) in [7, 11) is 0. The molecule has 0 radical (unpaired) electrons. The Hall–Kier alpha value is -2.99. The van der Waals surface area contributed by atoms with Gasteiger partial charge in [-0.2, -0.15) is 0 Å². The van der Waals surface area contributed by atoms with Crippen molar-refractivity contribution in [3.63, 3.8) is 0 Å². The van der Waals surface area contributed by atoms with Crippen LogP contribution in [-0.2, 0) is 28.9 Å². The third kappa shape index (κ3) is 4.27. The fraction of sp³-hybridized carbons (Fsp3) is 0.464. The fourth-order valence-electron chi connectivity index (χ4n) is 5.43. The van der Waals surface area contributed by atoms with E-state index in [1.54, 1.807) is 0 Å². The highest BCUT2D eigenvalue weighted by atomic mass is 16.5. The number of para-hydroxylation sites is 1. The molecule has 178 valence electrons. The van der Waals surface area contributed by atoms with E-state index in [9.17, 15) is 9.59 Å². The van der Waals surface area contributed by atoms with Crippen molar-refractivity contribution in [3.8, 4) is 0 Å².